The van der Waals surface area contributed by atoms with E-state index in [1.165, 1.54) is 16.9 Å². The van der Waals surface area contributed by atoms with Gasteiger partial charge in [-0.05, 0) is 53.9 Å². The third kappa shape index (κ3) is 3.63. The second-order valence-corrected chi connectivity index (χ2v) is 8.36. The van der Waals surface area contributed by atoms with E-state index in [9.17, 15) is 4.79 Å². The van der Waals surface area contributed by atoms with Crippen LogP contribution in [0.4, 0.5) is 0 Å². The van der Waals surface area contributed by atoms with Crippen LogP contribution >= 0.6 is 11.3 Å². The molecule has 2 heterocycles. The van der Waals surface area contributed by atoms with Gasteiger partial charge in [-0.2, -0.15) is 0 Å². The van der Waals surface area contributed by atoms with Gasteiger partial charge >= 0.3 is 0 Å². The lowest BCUT2D eigenvalue weighted by molar-refractivity contribution is 0.0950. The number of carbonyl (C=O) groups is 1. The fraction of sp³-hybridized carbons (Fsp3) is 0.474. The summed E-state index contributed by atoms with van der Waals surface area (Å²) in [7, 11) is 0. The molecule has 3 nitrogen and oxygen atoms in total. The van der Waals surface area contributed by atoms with Crippen molar-refractivity contribution < 1.29 is 4.79 Å². The lowest BCUT2D eigenvalue weighted by Gasteiger charge is -2.34. The van der Waals surface area contributed by atoms with E-state index in [-0.39, 0.29) is 5.91 Å². The van der Waals surface area contributed by atoms with Gasteiger partial charge < -0.3 is 5.32 Å². The van der Waals surface area contributed by atoms with Crippen LogP contribution in [0, 0.1) is 11.3 Å². The normalized spacial score (nSPS) is 17.6. The minimum Gasteiger partial charge on any atom is -0.348 e. The molecule has 0 saturated carbocycles. The van der Waals surface area contributed by atoms with E-state index < -0.39 is 0 Å². The maximum atomic E-state index is 12.5. The van der Waals surface area contributed by atoms with E-state index in [4.69, 9.17) is 0 Å². The maximum absolute atomic E-state index is 12.5. The summed E-state index contributed by atoms with van der Waals surface area (Å²) in [6.07, 6.45) is 6.82. The Labute approximate surface area is 142 Å². The summed E-state index contributed by atoms with van der Waals surface area (Å²) in [6.45, 7) is 7.51. The number of nitrogens with one attached hydrogen (secondary N) is 1. The van der Waals surface area contributed by atoms with Crippen LogP contribution in [0.2, 0.25) is 0 Å². The second-order valence-electron chi connectivity index (χ2n) is 7.39. The molecule has 0 bridgehead atoms. The molecule has 2 aromatic rings. The van der Waals surface area contributed by atoms with E-state index in [2.05, 4.69) is 31.1 Å². The van der Waals surface area contributed by atoms with Gasteiger partial charge in [0, 0.05) is 29.2 Å². The Morgan fingerprint density at radius 3 is 2.78 bits per heavy atom. The van der Waals surface area contributed by atoms with E-state index >= 15 is 0 Å². The predicted octanol–water partition coefficient (Wildman–Crippen LogP) is 4.22. The van der Waals surface area contributed by atoms with Crippen molar-refractivity contribution in [2.45, 2.75) is 46.6 Å². The molecule has 3 rings (SSSR count). The van der Waals surface area contributed by atoms with Crippen molar-refractivity contribution in [2.75, 3.05) is 0 Å². The number of aromatic nitrogens is 1. The highest BCUT2D eigenvalue weighted by molar-refractivity contribution is 7.10. The quantitative estimate of drug-likeness (QED) is 0.916. The smallest absolute Gasteiger partial charge is 0.252 e. The standard InChI is InChI=1S/C19H24N2OS/c1-19(2,3)14-4-5-15-16(12-23-17(15)10-14)18(22)21-11-13-6-8-20-9-7-13/h6-9,12,14H,4-5,10-11H2,1-3H3,(H,21,22). The summed E-state index contributed by atoms with van der Waals surface area (Å²) < 4.78 is 0. The highest BCUT2D eigenvalue weighted by Gasteiger charge is 2.31. The highest BCUT2D eigenvalue weighted by Crippen LogP contribution is 2.40. The van der Waals surface area contributed by atoms with Crippen LogP contribution in [-0.2, 0) is 19.4 Å². The van der Waals surface area contributed by atoms with Gasteiger partial charge in [-0.15, -0.1) is 11.3 Å². The lowest BCUT2D eigenvalue weighted by Crippen LogP contribution is -2.28. The molecule has 0 fully saturated rings. The molecule has 2 aromatic heterocycles. The molecule has 1 amide bonds. The third-order valence-electron chi connectivity index (χ3n) is 4.83. The number of pyridine rings is 1. The maximum Gasteiger partial charge on any atom is 0.252 e. The SMILES string of the molecule is CC(C)(C)C1CCc2c(C(=O)NCc3ccncc3)csc2C1. The zero-order chi connectivity index (χ0) is 16.4. The third-order valence-corrected chi connectivity index (χ3v) is 5.88. The van der Waals surface area contributed by atoms with Gasteiger partial charge in [0.2, 0.25) is 0 Å². The first-order valence-corrected chi connectivity index (χ1v) is 9.09. The molecule has 0 radical (unpaired) electrons. The fourth-order valence-electron chi connectivity index (χ4n) is 3.22. The van der Waals surface area contributed by atoms with Crippen LogP contribution in [0.15, 0.2) is 29.9 Å². The molecule has 1 N–H and O–H groups in total. The lowest BCUT2D eigenvalue weighted by atomic mass is 9.72. The Balaban J connectivity index is 1.68. The first-order valence-electron chi connectivity index (χ1n) is 8.21. The Morgan fingerprint density at radius 2 is 2.09 bits per heavy atom. The number of carbonyl (C=O) groups excluding carboxylic acids is 1. The van der Waals surface area contributed by atoms with Crippen LogP contribution in [0.3, 0.4) is 0 Å². The molecule has 1 aliphatic rings. The van der Waals surface area contributed by atoms with Crippen molar-refractivity contribution in [3.8, 4) is 0 Å². The van der Waals surface area contributed by atoms with Crippen molar-refractivity contribution in [1.29, 1.82) is 0 Å². The van der Waals surface area contributed by atoms with Crippen LogP contribution in [0.25, 0.3) is 0 Å². The van der Waals surface area contributed by atoms with Crippen molar-refractivity contribution in [3.63, 3.8) is 0 Å². The molecule has 1 unspecified atom stereocenters. The van der Waals surface area contributed by atoms with E-state index in [1.807, 2.05) is 17.5 Å². The number of hydrogen-bond donors (Lipinski definition) is 1. The van der Waals surface area contributed by atoms with Crippen LogP contribution in [-0.4, -0.2) is 10.9 Å². The van der Waals surface area contributed by atoms with Gasteiger partial charge in [-0.25, -0.2) is 0 Å². The summed E-state index contributed by atoms with van der Waals surface area (Å²) >= 11 is 1.75. The molecule has 4 heteroatoms. The number of fused-ring (bicyclic) bond motifs is 1. The molecule has 0 aliphatic heterocycles. The minimum absolute atomic E-state index is 0.0496. The molecule has 0 aromatic carbocycles. The fourth-order valence-corrected chi connectivity index (χ4v) is 4.38. The first kappa shape index (κ1) is 16.2. The molecule has 23 heavy (non-hydrogen) atoms. The summed E-state index contributed by atoms with van der Waals surface area (Å²) in [5, 5.41) is 5.07. The van der Waals surface area contributed by atoms with Gasteiger partial charge in [-0.1, -0.05) is 20.8 Å². The highest BCUT2D eigenvalue weighted by atomic mass is 32.1. The van der Waals surface area contributed by atoms with Crippen LogP contribution < -0.4 is 5.32 Å². The Hall–Kier alpha value is -1.68. The van der Waals surface area contributed by atoms with Crippen molar-refractivity contribution >= 4 is 17.2 Å². The molecular weight excluding hydrogens is 304 g/mol. The van der Waals surface area contributed by atoms with Crippen LogP contribution in [0.5, 0.6) is 0 Å². The average molecular weight is 328 g/mol. The minimum atomic E-state index is 0.0496. The van der Waals surface area contributed by atoms with Crippen molar-refractivity contribution in [2.24, 2.45) is 11.3 Å². The second kappa shape index (κ2) is 6.44. The van der Waals surface area contributed by atoms with Crippen molar-refractivity contribution in [3.05, 3.63) is 51.5 Å². The Kier molecular flexibility index (Phi) is 4.53. The molecule has 1 atom stereocenters. The predicted molar refractivity (Wildman–Crippen MR) is 94.7 cm³/mol. The summed E-state index contributed by atoms with van der Waals surface area (Å²) in [5.74, 6) is 0.759. The van der Waals surface area contributed by atoms with E-state index in [1.54, 1.807) is 23.7 Å². The summed E-state index contributed by atoms with van der Waals surface area (Å²) in [6, 6.07) is 3.86. The van der Waals surface area contributed by atoms with Gasteiger partial charge in [0.15, 0.2) is 0 Å². The van der Waals surface area contributed by atoms with E-state index in [0.29, 0.717) is 17.9 Å². The van der Waals surface area contributed by atoms with Crippen LogP contribution in [0.1, 0.15) is 53.6 Å². The molecular formula is C19H24N2OS. The van der Waals surface area contributed by atoms with Gasteiger partial charge in [0.05, 0.1) is 5.56 Å². The number of hydrogen-bond acceptors (Lipinski definition) is 3. The van der Waals surface area contributed by atoms with Gasteiger partial charge in [0.25, 0.3) is 5.91 Å². The molecule has 1 aliphatic carbocycles. The summed E-state index contributed by atoms with van der Waals surface area (Å²) in [4.78, 5) is 17.9. The largest absolute Gasteiger partial charge is 0.348 e. The molecule has 0 saturated heterocycles. The van der Waals surface area contributed by atoms with E-state index in [0.717, 1.165) is 24.0 Å². The topological polar surface area (TPSA) is 42.0 Å². The van der Waals surface area contributed by atoms with Crippen molar-refractivity contribution in [1.82, 2.24) is 10.3 Å². The van der Waals surface area contributed by atoms with Gasteiger partial charge in [0.1, 0.15) is 0 Å². The average Bonchev–Trinajstić information content (AvgIpc) is 2.96. The first-order chi connectivity index (χ1) is 10.9. The monoisotopic (exact) mass is 328 g/mol. The Bertz CT molecular complexity index is 685. The number of rotatable bonds is 3. The summed E-state index contributed by atoms with van der Waals surface area (Å²) in [5.41, 5.74) is 3.57. The zero-order valence-electron chi connectivity index (χ0n) is 14.1. The van der Waals surface area contributed by atoms with Gasteiger partial charge in [-0.3, -0.25) is 9.78 Å². The zero-order valence-corrected chi connectivity index (χ0v) is 14.9. The number of amides is 1. The number of nitrogens with zero attached hydrogens (tertiary/aromatic N) is 1. The molecule has 0 spiro atoms. The number of thiophene rings is 1. The Morgan fingerprint density at radius 1 is 1.35 bits per heavy atom. The molecule has 122 valence electrons.